The second-order valence-electron chi connectivity index (χ2n) is 11.9. The molecule has 0 aliphatic rings. The van der Waals surface area contributed by atoms with Crippen molar-refractivity contribution in [3.63, 3.8) is 0 Å². The Hall–Kier alpha value is -5.45. The number of nitrogens with zero attached hydrogens (tertiary/aromatic N) is 3. The molecule has 0 saturated carbocycles. The zero-order chi connectivity index (χ0) is 40.2. The molecule has 0 bridgehead atoms. The van der Waals surface area contributed by atoms with Gasteiger partial charge in [0, 0.05) is 16.7 Å². The molecule has 7 aromatic rings. The zero-order valence-electron chi connectivity index (χ0n) is 35.6. The molecule has 46 heavy (non-hydrogen) atoms. The van der Waals surface area contributed by atoms with Crippen LogP contribution in [0.2, 0.25) is 19.6 Å². The topological polar surface area (TPSA) is 38.7 Å². The minimum absolute atomic E-state index is 0.00877. The van der Waals surface area contributed by atoms with Crippen LogP contribution in [0, 0.1) is 0 Å². The summed E-state index contributed by atoms with van der Waals surface area (Å²) in [5.41, 5.74) is 5.81. The lowest BCUT2D eigenvalue weighted by Gasteiger charge is -2.17. The molecule has 0 atom stereocenters. The molecule has 1 aromatic heterocycles. The Kier molecular flexibility index (Phi) is 5.39. The van der Waals surface area contributed by atoms with Gasteiger partial charge in [-0.25, -0.2) is 15.0 Å². The van der Waals surface area contributed by atoms with Crippen molar-refractivity contribution in [1.82, 2.24) is 15.0 Å². The summed E-state index contributed by atoms with van der Waals surface area (Å²) in [5.74, 6) is -0.609. The van der Waals surface area contributed by atoms with Crippen LogP contribution in [0.4, 0.5) is 0 Å². The normalized spacial score (nSPS) is 14.4. The van der Waals surface area contributed by atoms with E-state index in [2.05, 4.69) is 83.1 Å². The highest BCUT2D eigenvalue weighted by atomic mass is 28.3. The van der Waals surface area contributed by atoms with Gasteiger partial charge in [-0.05, 0) is 51.6 Å². The SMILES string of the molecule is [2H]c1c([2H])c([2H])c(-c2nc(-c3cccc(-c4cccc(-c5cccc(-c6ccc([Si](C)(C)C)cc6)c5)c4)c3)nc(-c3c([2H])c([2H])c([2H])c([2H])c3[2H])n2)c([2H])c1[2H]. The van der Waals surface area contributed by atoms with Crippen molar-refractivity contribution in [2.24, 2.45) is 0 Å². The summed E-state index contributed by atoms with van der Waals surface area (Å²) in [6.45, 7) is 7.00. The third-order valence-corrected chi connectivity index (χ3v) is 9.74. The van der Waals surface area contributed by atoms with Gasteiger partial charge in [0.2, 0.25) is 0 Å². The van der Waals surface area contributed by atoms with Crippen molar-refractivity contribution in [3.8, 4) is 67.5 Å². The quantitative estimate of drug-likeness (QED) is 0.167. The lowest BCUT2D eigenvalue weighted by Crippen LogP contribution is -2.37. The van der Waals surface area contributed by atoms with E-state index in [1.54, 1.807) is 12.1 Å². The second kappa shape index (κ2) is 12.5. The van der Waals surface area contributed by atoms with Crippen LogP contribution >= 0.6 is 0 Å². The maximum atomic E-state index is 8.60. The van der Waals surface area contributed by atoms with Crippen molar-refractivity contribution in [3.05, 3.63) is 157 Å². The molecular weight excluding hydrogens is 575 g/mol. The Morgan fingerprint density at radius 3 is 1.15 bits per heavy atom. The first-order valence-corrected chi connectivity index (χ1v) is 18.4. The van der Waals surface area contributed by atoms with Gasteiger partial charge in [-0.2, -0.15) is 0 Å². The van der Waals surface area contributed by atoms with Crippen LogP contribution in [0.1, 0.15) is 13.7 Å². The maximum absolute atomic E-state index is 8.60. The largest absolute Gasteiger partial charge is 0.208 e. The molecular formula is C42H35N3Si. The smallest absolute Gasteiger partial charge is 0.164 e. The van der Waals surface area contributed by atoms with Crippen LogP contribution < -0.4 is 5.19 Å². The van der Waals surface area contributed by atoms with Crippen molar-refractivity contribution in [2.45, 2.75) is 19.6 Å². The molecule has 0 fully saturated rings. The standard InChI is InChI=1S/C42H35N3Si/c1-46(2,3)39-25-23-30(24-26-39)33-17-10-18-34(27-33)35-19-11-20-36(28-35)37-21-12-22-38(29-37)42-44-40(31-13-6-4-7-14-31)43-41(45-42)32-15-8-5-9-16-32/h4-29H,1-3H3/i4D,5D,6D,7D,8D,9D,13D,14D,15D,16D. The van der Waals surface area contributed by atoms with E-state index in [4.69, 9.17) is 13.7 Å². The number of benzene rings is 6. The van der Waals surface area contributed by atoms with E-state index < -0.39 is 68.5 Å². The molecule has 0 N–H and O–H groups in total. The summed E-state index contributed by atoms with van der Waals surface area (Å²) in [6, 6.07) is 26.8. The Labute approximate surface area is 286 Å². The predicted octanol–water partition coefficient (Wildman–Crippen LogP) is 10.4. The molecule has 0 amide bonds. The van der Waals surface area contributed by atoms with Gasteiger partial charge < -0.3 is 0 Å². The van der Waals surface area contributed by atoms with Gasteiger partial charge in [-0.15, -0.1) is 0 Å². The molecule has 7 rings (SSSR count). The summed E-state index contributed by atoms with van der Waals surface area (Å²) in [4.78, 5) is 13.5. The van der Waals surface area contributed by atoms with Crippen LogP contribution in [-0.2, 0) is 0 Å². The van der Waals surface area contributed by atoms with Crippen LogP contribution in [0.5, 0.6) is 0 Å². The fourth-order valence-electron chi connectivity index (χ4n) is 5.21. The fraction of sp³-hybridized carbons (Fsp3) is 0.0714. The highest BCUT2D eigenvalue weighted by molar-refractivity contribution is 6.88. The van der Waals surface area contributed by atoms with Crippen LogP contribution in [0.25, 0.3) is 67.5 Å². The third kappa shape index (κ3) is 6.34. The number of rotatable bonds is 7. The van der Waals surface area contributed by atoms with Gasteiger partial charge in [0.25, 0.3) is 0 Å². The lowest BCUT2D eigenvalue weighted by atomic mass is 9.95. The summed E-state index contributed by atoms with van der Waals surface area (Å²) in [5, 5.41) is 1.40. The van der Waals surface area contributed by atoms with Gasteiger partial charge in [-0.1, -0.05) is 164 Å². The average Bonchev–Trinajstić information content (AvgIpc) is 3.20. The molecule has 0 aliphatic carbocycles. The van der Waals surface area contributed by atoms with Crippen molar-refractivity contribution in [1.29, 1.82) is 0 Å². The van der Waals surface area contributed by atoms with E-state index in [0.29, 0.717) is 5.56 Å². The minimum Gasteiger partial charge on any atom is -0.208 e. The number of hydrogen-bond acceptors (Lipinski definition) is 3. The summed E-state index contributed by atoms with van der Waals surface area (Å²) in [7, 11) is -1.42. The van der Waals surface area contributed by atoms with E-state index in [1.165, 1.54) is 5.19 Å². The van der Waals surface area contributed by atoms with E-state index >= 15 is 0 Å². The molecule has 6 aromatic carbocycles. The van der Waals surface area contributed by atoms with Gasteiger partial charge in [0.05, 0.1) is 21.8 Å². The lowest BCUT2D eigenvalue weighted by molar-refractivity contribution is 1.07. The van der Waals surface area contributed by atoms with Crippen molar-refractivity contribution in [2.75, 3.05) is 0 Å². The number of hydrogen-bond donors (Lipinski definition) is 0. The minimum atomic E-state index is -1.42. The van der Waals surface area contributed by atoms with Crippen molar-refractivity contribution >= 4 is 13.3 Å². The van der Waals surface area contributed by atoms with Gasteiger partial charge in [-0.3, -0.25) is 0 Å². The monoisotopic (exact) mass is 619 g/mol. The van der Waals surface area contributed by atoms with Crippen molar-refractivity contribution < 1.29 is 13.7 Å². The molecule has 4 heteroatoms. The van der Waals surface area contributed by atoms with Crippen LogP contribution in [0.15, 0.2) is 157 Å². The maximum Gasteiger partial charge on any atom is 0.164 e. The molecule has 3 nitrogen and oxygen atoms in total. The highest BCUT2D eigenvalue weighted by Crippen LogP contribution is 2.32. The Bertz CT molecular complexity index is 2550. The predicted molar refractivity (Wildman–Crippen MR) is 195 cm³/mol. The first-order valence-electron chi connectivity index (χ1n) is 19.9. The third-order valence-electron chi connectivity index (χ3n) is 7.68. The van der Waals surface area contributed by atoms with Crippen LogP contribution in [0.3, 0.4) is 0 Å². The van der Waals surface area contributed by atoms with Gasteiger partial charge in [0.15, 0.2) is 17.5 Å². The van der Waals surface area contributed by atoms with E-state index in [1.807, 2.05) is 36.4 Å². The average molecular weight is 620 g/mol. The Morgan fingerprint density at radius 1 is 0.391 bits per heavy atom. The second-order valence-corrected chi connectivity index (χ2v) is 17.0. The van der Waals surface area contributed by atoms with Gasteiger partial charge >= 0.3 is 0 Å². The summed E-state index contributed by atoms with van der Waals surface area (Å²) in [6.07, 6.45) is 0. The molecule has 222 valence electrons. The highest BCUT2D eigenvalue weighted by Gasteiger charge is 2.16. The Morgan fingerprint density at radius 2 is 0.739 bits per heavy atom. The molecule has 1 heterocycles. The van der Waals surface area contributed by atoms with Crippen LogP contribution in [-0.4, -0.2) is 23.0 Å². The summed E-state index contributed by atoms with van der Waals surface area (Å²) >= 11 is 0. The molecule has 0 radical (unpaired) electrons. The zero-order valence-corrected chi connectivity index (χ0v) is 26.6. The first kappa shape index (κ1) is 19.8. The van der Waals surface area contributed by atoms with Gasteiger partial charge in [0.1, 0.15) is 0 Å². The summed E-state index contributed by atoms with van der Waals surface area (Å²) < 4.78 is 83.5. The fourth-order valence-corrected chi connectivity index (χ4v) is 6.38. The van der Waals surface area contributed by atoms with E-state index in [9.17, 15) is 0 Å². The first-order chi connectivity index (χ1) is 26.5. The van der Waals surface area contributed by atoms with E-state index in [-0.39, 0.29) is 28.6 Å². The molecule has 0 spiro atoms. The molecule has 0 saturated heterocycles. The molecule has 0 aliphatic heterocycles. The van der Waals surface area contributed by atoms with E-state index in [0.717, 1.165) is 33.4 Å². The molecule has 0 unspecified atom stereocenters. The Balaban J connectivity index is 1.34. The number of aromatic nitrogens is 3.